The van der Waals surface area contributed by atoms with Gasteiger partial charge in [0.2, 0.25) is 0 Å². The Morgan fingerprint density at radius 1 is 0.353 bits per heavy atom. The van der Waals surface area contributed by atoms with Gasteiger partial charge in [0.05, 0.1) is 11.4 Å². The van der Waals surface area contributed by atoms with Crippen molar-refractivity contribution in [3.63, 3.8) is 0 Å². The summed E-state index contributed by atoms with van der Waals surface area (Å²) in [5.74, 6) is 1.32. The predicted octanol–water partition coefficient (Wildman–Crippen LogP) is 11.9. The average molecular weight is 671 g/mol. The highest BCUT2D eigenvalue weighted by atomic mass is 32.2. The Labute approximate surface area is 301 Å². The minimum atomic E-state index is 0.639. The van der Waals surface area contributed by atoms with Crippen LogP contribution in [0.1, 0.15) is 11.1 Å². The van der Waals surface area contributed by atoms with Gasteiger partial charge in [0.1, 0.15) is 0 Å². The number of hydrogen-bond acceptors (Lipinski definition) is 5. The van der Waals surface area contributed by atoms with Crippen molar-refractivity contribution >= 4 is 23.9 Å². The van der Waals surface area contributed by atoms with Crippen LogP contribution in [0.25, 0.3) is 79.7 Å². The van der Waals surface area contributed by atoms with E-state index < -0.39 is 0 Å². The van der Waals surface area contributed by atoms with E-state index in [4.69, 9.17) is 19.9 Å². The number of rotatable bonds is 4. The molecule has 0 radical (unpaired) electrons. The van der Waals surface area contributed by atoms with E-state index in [1.54, 1.807) is 11.8 Å². The Balaban J connectivity index is 1.21. The van der Waals surface area contributed by atoms with Gasteiger partial charge in [0.25, 0.3) is 0 Å². The van der Waals surface area contributed by atoms with E-state index in [0.717, 1.165) is 50.3 Å². The lowest BCUT2D eigenvalue weighted by atomic mass is 9.95. The molecule has 9 rings (SSSR count). The summed E-state index contributed by atoms with van der Waals surface area (Å²) in [7, 11) is 0. The number of benzene rings is 6. The van der Waals surface area contributed by atoms with Gasteiger partial charge in [-0.05, 0) is 57.6 Å². The van der Waals surface area contributed by atoms with Crippen LogP contribution < -0.4 is 0 Å². The Hall–Kier alpha value is -6.43. The minimum absolute atomic E-state index is 0.639. The van der Waals surface area contributed by atoms with Crippen LogP contribution in [0.5, 0.6) is 0 Å². The first-order valence-corrected chi connectivity index (χ1v) is 17.7. The van der Waals surface area contributed by atoms with Crippen molar-refractivity contribution in [3.8, 4) is 67.5 Å². The first-order valence-electron chi connectivity index (χ1n) is 16.9. The van der Waals surface area contributed by atoms with Crippen molar-refractivity contribution in [2.75, 3.05) is 0 Å². The molecule has 0 spiro atoms. The molecule has 3 heterocycles. The zero-order valence-electron chi connectivity index (χ0n) is 27.5. The summed E-state index contributed by atoms with van der Waals surface area (Å²) in [6, 6.07) is 54.8. The van der Waals surface area contributed by atoms with Gasteiger partial charge in [-0.1, -0.05) is 157 Å². The molecule has 0 saturated heterocycles. The second-order valence-corrected chi connectivity index (χ2v) is 13.4. The Kier molecular flexibility index (Phi) is 8.08. The average Bonchev–Trinajstić information content (AvgIpc) is 3.23. The molecule has 0 amide bonds. The Morgan fingerprint density at radius 3 is 1.57 bits per heavy atom. The standard InChI is InChI=1S/C46H30N4S/c1-3-14-33(15-4-1)41-28-42(36-29-47-45(48-30-36)34-16-5-2-6-17-34)50-46(49-41)35-26-25-32-24-23-31-13-7-8-18-37(31)38-19-9-11-21-43(38)51-44-22-12-10-20-39(44)40(32)27-35/h1-30H. The summed E-state index contributed by atoms with van der Waals surface area (Å²) in [5, 5.41) is 0. The van der Waals surface area contributed by atoms with Gasteiger partial charge in [0, 0.05) is 44.4 Å². The van der Waals surface area contributed by atoms with Gasteiger partial charge < -0.3 is 0 Å². The van der Waals surface area contributed by atoms with E-state index in [2.05, 4.69) is 115 Å². The maximum atomic E-state index is 5.14. The van der Waals surface area contributed by atoms with E-state index in [1.807, 2.05) is 67.0 Å². The highest BCUT2D eigenvalue weighted by Crippen LogP contribution is 2.44. The fourth-order valence-electron chi connectivity index (χ4n) is 6.49. The van der Waals surface area contributed by atoms with Crippen LogP contribution in [-0.2, 0) is 0 Å². The topological polar surface area (TPSA) is 51.6 Å². The molecule has 0 atom stereocenters. The smallest absolute Gasteiger partial charge is 0.160 e. The molecule has 1 aliphatic heterocycles. The molecule has 2 aromatic heterocycles. The molecule has 0 unspecified atom stereocenters. The number of hydrogen-bond donors (Lipinski definition) is 0. The van der Waals surface area contributed by atoms with Crippen LogP contribution in [0.4, 0.5) is 0 Å². The third kappa shape index (κ3) is 6.16. The van der Waals surface area contributed by atoms with E-state index in [1.165, 1.54) is 26.5 Å². The van der Waals surface area contributed by atoms with E-state index in [-0.39, 0.29) is 0 Å². The van der Waals surface area contributed by atoms with Crippen molar-refractivity contribution in [2.24, 2.45) is 0 Å². The number of nitrogens with zero attached hydrogens (tertiary/aromatic N) is 4. The van der Waals surface area contributed by atoms with Gasteiger partial charge in [-0.15, -0.1) is 0 Å². The molecule has 5 heteroatoms. The third-order valence-corrected chi connectivity index (χ3v) is 10.2. The Bertz CT molecular complexity index is 2550. The maximum absolute atomic E-state index is 5.14. The lowest BCUT2D eigenvalue weighted by molar-refractivity contribution is 1.14. The van der Waals surface area contributed by atoms with Crippen LogP contribution in [0.2, 0.25) is 0 Å². The molecule has 0 fully saturated rings. The molecule has 0 saturated carbocycles. The van der Waals surface area contributed by atoms with Crippen LogP contribution in [0.3, 0.4) is 0 Å². The molecule has 0 aliphatic carbocycles. The number of fused-ring (bicyclic) bond motifs is 6. The van der Waals surface area contributed by atoms with E-state index >= 15 is 0 Å². The van der Waals surface area contributed by atoms with Crippen molar-refractivity contribution in [3.05, 3.63) is 181 Å². The second kappa shape index (κ2) is 13.5. The van der Waals surface area contributed by atoms with E-state index in [0.29, 0.717) is 11.6 Å². The SMILES string of the molecule is C1=Cc2ccc(-c3nc(-c4ccccc4)cc(-c4cnc(-c5ccccc5)nc4)n3)cc2-c2ccccc2Sc2ccccc2-c2ccccc21. The van der Waals surface area contributed by atoms with Crippen molar-refractivity contribution < 1.29 is 0 Å². The molecule has 4 nitrogen and oxygen atoms in total. The first kappa shape index (κ1) is 30.6. The molecular formula is C46H30N4S. The van der Waals surface area contributed by atoms with Crippen molar-refractivity contribution in [1.29, 1.82) is 0 Å². The summed E-state index contributed by atoms with van der Waals surface area (Å²) in [4.78, 5) is 22.1. The maximum Gasteiger partial charge on any atom is 0.160 e. The molecule has 0 bridgehead atoms. The fraction of sp³-hybridized carbons (Fsp3) is 0. The molecule has 6 aromatic carbocycles. The zero-order valence-corrected chi connectivity index (χ0v) is 28.3. The van der Waals surface area contributed by atoms with Crippen LogP contribution in [-0.4, -0.2) is 19.9 Å². The fourth-order valence-corrected chi connectivity index (χ4v) is 7.60. The van der Waals surface area contributed by atoms with Gasteiger partial charge in [0.15, 0.2) is 11.6 Å². The highest BCUT2D eigenvalue weighted by molar-refractivity contribution is 7.99. The number of aromatic nitrogens is 4. The summed E-state index contributed by atoms with van der Waals surface area (Å²) in [5.41, 5.74) is 12.4. The summed E-state index contributed by atoms with van der Waals surface area (Å²) >= 11 is 1.80. The molecular weight excluding hydrogens is 641 g/mol. The second-order valence-electron chi connectivity index (χ2n) is 12.3. The lowest BCUT2D eigenvalue weighted by Gasteiger charge is -2.15. The first-order chi connectivity index (χ1) is 25.3. The van der Waals surface area contributed by atoms with Crippen molar-refractivity contribution in [1.82, 2.24) is 19.9 Å². The van der Waals surface area contributed by atoms with Gasteiger partial charge in [-0.3, -0.25) is 0 Å². The summed E-state index contributed by atoms with van der Waals surface area (Å²) < 4.78 is 0. The molecule has 0 N–H and O–H groups in total. The van der Waals surface area contributed by atoms with Crippen LogP contribution in [0.15, 0.2) is 180 Å². The van der Waals surface area contributed by atoms with Crippen LogP contribution in [0, 0.1) is 0 Å². The molecule has 8 aromatic rings. The van der Waals surface area contributed by atoms with Gasteiger partial charge in [-0.2, -0.15) is 0 Å². The molecule has 240 valence electrons. The van der Waals surface area contributed by atoms with Crippen LogP contribution >= 0.6 is 11.8 Å². The zero-order chi connectivity index (χ0) is 34.0. The minimum Gasteiger partial charge on any atom is -0.236 e. The predicted molar refractivity (Wildman–Crippen MR) is 210 cm³/mol. The normalized spacial score (nSPS) is 11.8. The monoisotopic (exact) mass is 670 g/mol. The molecule has 1 aliphatic rings. The lowest BCUT2D eigenvalue weighted by Crippen LogP contribution is -1.98. The Morgan fingerprint density at radius 2 is 0.882 bits per heavy atom. The van der Waals surface area contributed by atoms with Gasteiger partial charge >= 0.3 is 0 Å². The molecule has 51 heavy (non-hydrogen) atoms. The van der Waals surface area contributed by atoms with Crippen molar-refractivity contribution in [2.45, 2.75) is 9.79 Å². The largest absolute Gasteiger partial charge is 0.236 e. The summed E-state index contributed by atoms with van der Waals surface area (Å²) in [6.45, 7) is 0. The third-order valence-electron chi connectivity index (χ3n) is 9.06. The van der Waals surface area contributed by atoms with Gasteiger partial charge in [-0.25, -0.2) is 19.9 Å². The highest BCUT2D eigenvalue weighted by Gasteiger charge is 2.18. The quantitative estimate of drug-likeness (QED) is 0.186. The summed E-state index contributed by atoms with van der Waals surface area (Å²) in [6.07, 6.45) is 8.15. The van der Waals surface area contributed by atoms with E-state index in [9.17, 15) is 0 Å².